The molecule has 1 atom stereocenters. The third-order valence-corrected chi connectivity index (χ3v) is 5.30. The first kappa shape index (κ1) is 18.2. The van der Waals surface area contributed by atoms with E-state index in [0.717, 1.165) is 47.3 Å². The van der Waals surface area contributed by atoms with E-state index in [4.69, 9.17) is 4.74 Å². The number of rotatable bonds is 5. The molecule has 1 aromatic rings. The zero-order valence-corrected chi connectivity index (χ0v) is 15.8. The van der Waals surface area contributed by atoms with Crippen molar-refractivity contribution in [3.05, 3.63) is 27.7 Å². The van der Waals surface area contributed by atoms with Crippen molar-refractivity contribution in [2.24, 2.45) is 0 Å². The smallest absolute Gasteiger partial charge is 0.326 e. The van der Waals surface area contributed by atoms with Crippen molar-refractivity contribution in [1.29, 1.82) is 0 Å². The number of carboxylic acids is 1. The third-order valence-electron chi connectivity index (χ3n) is 4.84. The van der Waals surface area contributed by atoms with Crippen molar-refractivity contribution in [3.63, 3.8) is 0 Å². The lowest BCUT2D eigenvalue weighted by atomic mass is 10.1. The molecule has 2 fully saturated rings. The normalized spacial score (nSPS) is 21.6. The molecule has 2 aliphatic rings. The minimum atomic E-state index is -0.946. The van der Waals surface area contributed by atoms with E-state index in [-0.39, 0.29) is 25.0 Å². The second-order valence-corrected chi connectivity index (χ2v) is 7.61. The van der Waals surface area contributed by atoms with Gasteiger partial charge in [0.15, 0.2) is 0 Å². The van der Waals surface area contributed by atoms with Gasteiger partial charge >= 0.3 is 5.97 Å². The first-order valence-electron chi connectivity index (χ1n) is 8.64. The monoisotopic (exact) mass is 410 g/mol. The van der Waals surface area contributed by atoms with Gasteiger partial charge in [-0.3, -0.25) is 4.79 Å². The molecular formula is C18H23BrN2O4. The zero-order valence-electron chi connectivity index (χ0n) is 14.3. The number of carboxylic acid groups (broad SMARTS) is 1. The van der Waals surface area contributed by atoms with Crippen LogP contribution in [-0.4, -0.2) is 47.1 Å². The Hall–Kier alpha value is -1.60. The molecule has 3 rings (SSSR count). The molecule has 1 unspecified atom stereocenters. The van der Waals surface area contributed by atoms with Crippen molar-refractivity contribution >= 4 is 27.8 Å². The first-order chi connectivity index (χ1) is 12.0. The summed E-state index contributed by atoms with van der Waals surface area (Å²) in [6.45, 7) is 4.10. The lowest BCUT2D eigenvalue weighted by Gasteiger charge is -2.28. The zero-order chi connectivity index (χ0) is 18.0. The van der Waals surface area contributed by atoms with Gasteiger partial charge in [0.1, 0.15) is 17.9 Å². The number of aliphatic carboxylic acids is 1. The van der Waals surface area contributed by atoms with E-state index >= 15 is 0 Å². The van der Waals surface area contributed by atoms with Gasteiger partial charge < -0.3 is 20.1 Å². The molecule has 0 bridgehead atoms. The van der Waals surface area contributed by atoms with Crippen LogP contribution < -0.4 is 10.1 Å². The number of halogens is 1. The Morgan fingerprint density at radius 2 is 2.08 bits per heavy atom. The number of benzene rings is 1. The average molecular weight is 411 g/mol. The van der Waals surface area contributed by atoms with Crippen LogP contribution in [0.15, 0.2) is 16.6 Å². The average Bonchev–Trinajstić information content (AvgIpc) is 2.93. The van der Waals surface area contributed by atoms with E-state index in [2.05, 4.69) is 21.2 Å². The summed E-state index contributed by atoms with van der Waals surface area (Å²) >= 11 is 3.50. The summed E-state index contributed by atoms with van der Waals surface area (Å²) < 4.78 is 7.17. The number of hydrogen-bond donors (Lipinski definition) is 2. The number of ether oxygens (including phenoxy) is 1. The number of piperidine rings is 1. The van der Waals surface area contributed by atoms with Gasteiger partial charge in [-0.25, -0.2) is 4.79 Å². The number of nitrogens with zero attached hydrogens (tertiary/aromatic N) is 1. The Morgan fingerprint density at radius 3 is 2.76 bits per heavy atom. The van der Waals surface area contributed by atoms with Crippen LogP contribution in [0.4, 0.5) is 0 Å². The van der Waals surface area contributed by atoms with Gasteiger partial charge in [-0.05, 0) is 57.0 Å². The summed E-state index contributed by atoms with van der Waals surface area (Å²) in [7, 11) is 0. The summed E-state index contributed by atoms with van der Waals surface area (Å²) in [5.74, 6) is -0.282. The molecule has 0 spiro atoms. The largest absolute Gasteiger partial charge is 0.490 e. The lowest BCUT2D eigenvalue weighted by molar-refractivity contribution is -0.146. The molecule has 2 saturated heterocycles. The fraction of sp³-hybridized carbons (Fsp3) is 0.556. The van der Waals surface area contributed by atoms with Crippen molar-refractivity contribution in [2.45, 2.75) is 51.3 Å². The number of likely N-dealkylation sites (tertiary alicyclic amines) is 1. The molecule has 2 aliphatic heterocycles. The maximum Gasteiger partial charge on any atom is 0.326 e. The summed E-state index contributed by atoms with van der Waals surface area (Å²) in [6, 6.07) is 3.16. The van der Waals surface area contributed by atoms with E-state index in [1.54, 1.807) is 0 Å². The standard InChI is InChI=1S/C18H23BrN2O4/c1-11-8-13(19)9-12(17(11)25-14-4-6-20-7-5-14)10-21-15(18(23)24)2-3-16(21)22/h8-9,14-15,20H,2-7,10H2,1H3,(H,23,24). The second kappa shape index (κ2) is 7.74. The molecule has 0 aliphatic carbocycles. The van der Waals surface area contributed by atoms with E-state index in [1.165, 1.54) is 4.90 Å². The SMILES string of the molecule is Cc1cc(Br)cc(CN2C(=O)CCC2C(=O)O)c1OC1CCNCC1. The van der Waals surface area contributed by atoms with Gasteiger partial charge in [-0.15, -0.1) is 0 Å². The molecule has 1 aromatic carbocycles. The van der Waals surface area contributed by atoms with Crippen molar-refractivity contribution in [3.8, 4) is 5.75 Å². The quantitative estimate of drug-likeness (QED) is 0.779. The van der Waals surface area contributed by atoms with Crippen LogP contribution in [0.2, 0.25) is 0 Å². The fourth-order valence-electron chi connectivity index (χ4n) is 3.54. The highest BCUT2D eigenvalue weighted by molar-refractivity contribution is 9.10. The van der Waals surface area contributed by atoms with E-state index in [0.29, 0.717) is 6.42 Å². The second-order valence-electron chi connectivity index (χ2n) is 6.69. The molecule has 0 radical (unpaired) electrons. The predicted octanol–water partition coefficient (Wildman–Crippen LogP) is 2.46. The van der Waals surface area contributed by atoms with Gasteiger partial charge in [0.25, 0.3) is 0 Å². The van der Waals surface area contributed by atoms with Gasteiger partial charge in [-0.1, -0.05) is 15.9 Å². The number of amides is 1. The van der Waals surface area contributed by atoms with Gasteiger partial charge in [0, 0.05) is 16.5 Å². The highest BCUT2D eigenvalue weighted by Crippen LogP contribution is 2.33. The summed E-state index contributed by atoms with van der Waals surface area (Å²) in [5.41, 5.74) is 1.84. The first-order valence-corrected chi connectivity index (χ1v) is 9.43. The number of carbonyl (C=O) groups excluding carboxylic acids is 1. The number of carbonyl (C=O) groups is 2. The number of hydrogen-bond acceptors (Lipinski definition) is 4. The van der Waals surface area contributed by atoms with Gasteiger partial charge in [0.05, 0.1) is 6.54 Å². The highest BCUT2D eigenvalue weighted by atomic mass is 79.9. The van der Waals surface area contributed by atoms with Crippen LogP contribution in [0.25, 0.3) is 0 Å². The molecule has 0 aromatic heterocycles. The Morgan fingerprint density at radius 1 is 1.36 bits per heavy atom. The Kier molecular flexibility index (Phi) is 5.64. The topological polar surface area (TPSA) is 78.9 Å². The number of nitrogens with one attached hydrogen (secondary N) is 1. The number of aryl methyl sites for hydroxylation is 1. The summed E-state index contributed by atoms with van der Waals surface area (Å²) in [4.78, 5) is 25.1. The van der Waals surface area contributed by atoms with E-state index in [9.17, 15) is 14.7 Å². The molecule has 2 N–H and O–H groups in total. The summed E-state index contributed by atoms with van der Waals surface area (Å²) in [5, 5.41) is 12.7. The lowest BCUT2D eigenvalue weighted by Crippen LogP contribution is -2.38. The molecule has 6 nitrogen and oxygen atoms in total. The maximum atomic E-state index is 12.2. The van der Waals surface area contributed by atoms with Crippen LogP contribution >= 0.6 is 15.9 Å². The Labute approximate surface area is 155 Å². The van der Waals surface area contributed by atoms with Crippen molar-refractivity contribution < 1.29 is 19.4 Å². The molecule has 2 heterocycles. The minimum absolute atomic E-state index is 0.113. The Bertz CT molecular complexity index is 673. The summed E-state index contributed by atoms with van der Waals surface area (Å²) in [6.07, 6.45) is 2.68. The van der Waals surface area contributed by atoms with Crippen LogP contribution in [0.5, 0.6) is 5.75 Å². The third kappa shape index (κ3) is 4.15. The minimum Gasteiger partial charge on any atom is -0.490 e. The molecular weight excluding hydrogens is 388 g/mol. The van der Waals surface area contributed by atoms with Gasteiger partial charge in [-0.2, -0.15) is 0 Å². The van der Waals surface area contributed by atoms with Crippen LogP contribution in [0.3, 0.4) is 0 Å². The van der Waals surface area contributed by atoms with Crippen LogP contribution in [0.1, 0.15) is 36.8 Å². The maximum absolute atomic E-state index is 12.2. The Balaban J connectivity index is 1.86. The molecule has 1 amide bonds. The van der Waals surface area contributed by atoms with Gasteiger partial charge in [0.2, 0.25) is 5.91 Å². The molecule has 25 heavy (non-hydrogen) atoms. The molecule has 136 valence electrons. The molecule has 0 saturated carbocycles. The van der Waals surface area contributed by atoms with Crippen LogP contribution in [0, 0.1) is 6.92 Å². The predicted molar refractivity (Wildman–Crippen MR) is 96.6 cm³/mol. The van der Waals surface area contributed by atoms with E-state index in [1.807, 2.05) is 19.1 Å². The fourth-order valence-corrected chi connectivity index (χ4v) is 4.16. The van der Waals surface area contributed by atoms with Crippen molar-refractivity contribution in [1.82, 2.24) is 10.2 Å². The van der Waals surface area contributed by atoms with E-state index < -0.39 is 12.0 Å². The van der Waals surface area contributed by atoms with Crippen LogP contribution in [-0.2, 0) is 16.1 Å². The highest BCUT2D eigenvalue weighted by Gasteiger charge is 2.36. The molecule has 7 heteroatoms. The van der Waals surface area contributed by atoms with Crippen molar-refractivity contribution in [2.75, 3.05) is 13.1 Å².